The van der Waals surface area contributed by atoms with Gasteiger partial charge in [-0.1, -0.05) is 35.0 Å². The standard InChI is InChI=1S/C23H34N4O4/c1-4-29-16-17-30-19(3)23(28)27-14-12-26(13-15-27)11-5-6-21-24-22(25-31-21)20-9-7-18(2)8-10-20/h7-10,19H,4-6,11-17H2,1-3H3. The molecule has 0 aliphatic carbocycles. The van der Waals surface area contributed by atoms with E-state index in [9.17, 15) is 4.79 Å². The smallest absolute Gasteiger partial charge is 0.251 e. The Bertz CT molecular complexity index is 800. The van der Waals surface area contributed by atoms with Gasteiger partial charge in [0.05, 0.1) is 13.2 Å². The molecular formula is C23H34N4O4. The van der Waals surface area contributed by atoms with Crippen LogP contribution in [0.3, 0.4) is 0 Å². The maximum atomic E-state index is 12.5. The van der Waals surface area contributed by atoms with Crippen LogP contribution in [0.15, 0.2) is 28.8 Å². The highest BCUT2D eigenvalue weighted by Crippen LogP contribution is 2.17. The van der Waals surface area contributed by atoms with Gasteiger partial charge in [0.15, 0.2) is 0 Å². The largest absolute Gasteiger partial charge is 0.379 e. The lowest BCUT2D eigenvalue weighted by Crippen LogP contribution is -2.51. The number of piperazine rings is 1. The fourth-order valence-corrected chi connectivity index (χ4v) is 3.58. The molecule has 0 saturated carbocycles. The SMILES string of the molecule is CCOCCOC(C)C(=O)N1CCN(CCCc2nc(-c3ccc(C)cc3)no2)CC1. The predicted octanol–water partition coefficient (Wildman–Crippen LogP) is 2.56. The van der Waals surface area contributed by atoms with Gasteiger partial charge in [0, 0.05) is 44.8 Å². The van der Waals surface area contributed by atoms with E-state index in [0.29, 0.717) is 31.5 Å². The first-order valence-electron chi connectivity index (χ1n) is 11.2. The molecule has 1 amide bonds. The Kier molecular flexibility index (Phi) is 8.99. The van der Waals surface area contributed by atoms with Gasteiger partial charge in [-0.3, -0.25) is 9.69 Å². The second-order valence-electron chi connectivity index (χ2n) is 7.86. The molecule has 1 aromatic heterocycles. The lowest BCUT2D eigenvalue weighted by molar-refractivity contribution is -0.145. The van der Waals surface area contributed by atoms with Crippen LogP contribution in [0, 0.1) is 6.92 Å². The summed E-state index contributed by atoms with van der Waals surface area (Å²) in [6.07, 6.45) is 1.27. The quantitative estimate of drug-likeness (QED) is 0.507. The number of hydrogen-bond donors (Lipinski definition) is 0. The summed E-state index contributed by atoms with van der Waals surface area (Å²) in [5.41, 5.74) is 2.18. The van der Waals surface area contributed by atoms with Gasteiger partial charge < -0.3 is 18.9 Å². The van der Waals surface area contributed by atoms with Crippen molar-refractivity contribution in [1.82, 2.24) is 19.9 Å². The lowest BCUT2D eigenvalue weighted by Gasteiger charge is -2.35. The third-order valence-electron chi connectivity index (χ3n) is 5.47. The van der Waals surface area contributed by atoms with Crippen LogP contribution in [0.25, 0.3) is 11.4 Å². The summed E-state index contributed by atoms with van der Waals surface area (Å²) in [7, 11) is 0. The van der Waals surface area contributed by atoms with Crippen molar-refractivity contribution in [2.45, 2.75) is 39.7 Å². The Morgan fingerprint density at radius 1 is 1.16 bits per heavy atom. The van der Waals surface area contributed by atoms with Crippen molar-refractivity contribution in [3.05, 3.63) is 35.7 Å². The maximum absolute atomic E-state index is 12.5. The molecule has 2 heterocycles. The molecule has 8 nitrogen and oxygen atoms in total. The van der Waals surface area contributed by atoms with E-state index in [2.05, 4.69) is 22.0 Å². The Labute approximate surface area is 184 Å². The van der Waals surface area contributed by atoms with Gasteiger partial charge in [-0.05, 0) is 33.7 Å². The summed E-state index contributed by atoms with van der Waals surface area (Å²) in [6, 6.07) is 8.11. The molecule has 0 spiro atoms. The minimum Gasteiger partial charge on any atom is -0.379 e. The molecule has 1 aromatic carbocycles. The molecule has 1 unspecified atom stereocenters. The Morgan fingerprint density at radius 3 is 2.61 bits per heavy atom. The highest BCUT2D eigenvalue weighted by atomic mass is 16.5. The minimum atomic E-state index is -0.424. The van der Waals surface area contributed by atoms with E-state index >= 15 is 0 Å². The fraction of sp³-hybridized carbons (Fsp3) is 0.609. The van der Waals surface area contributed by atoms with Gasteiger partial charge in [-0.15, -0.1) is 0 Å². The number of carbonyl (C=O) groups is 1. The van der Waals surface area contributed by atoms with Gasteiger partial charge in [0.2, 0.25) is 11.7 Å². The van der Waals surface area contributed by atoms with Crippen LogP contribution in [0.4, 0.5) is 0 Å². The summed E-state index contributed by atoms with van der Waals surface area (Å²) in [6.45, 7) is 11.6. The molecule has 1 aliphatic rings. The van der Waals surface area contributed by atoms with E-state index in [4.69, 9.17) is 14.0 Å². The van der Waals surface area contributed by atoms with Crippen molar-refractivity contribution < 1.29 is 18.8 Å². The monoisotopic (exact) mass is 430 g/mol. The zero-order chi connectivity index (χ0) is 22.1. The number of hydrogen-bond acceptors (Lipinski definition) is 7. The molecule has 1 saturated heterocycles. The first-order valence-corrected chi connectivity index (χ1v) is 11.2. The summed E-state index contributed by atoms with van der Waals surface area (Å²) < 4.78 is 16.2. The van der Waals surface area contributed by atoms with Crippen LogP contribution in [-0.2, 0) is 20.7 Å². The Balaban J connectivity index is 1.34. The van der Waals surface area contributed by atoms with E-state index in [1.807, 2.05) is 43.0 Å². The number of aryl methyl sites for hydroxylation is 2. The van der Waals surface area contributed by atoms with E-state index in [1.54, 1.807) is 0 Å². The Morgan fingerprint density at radius 2 is 1.90 bits per heavy atom. The molecule has 1 aliphatic heterocycles. The van der Waals surface area contributed by atoms with E-state index in [-0.39, 0.29) is 5.91 Å². The van der Waals surface area contributed by atoms with Crippen LogP contribution in [0.5, 0.6) is 0 Å². The van der Waals surface area contributed by atoms with Crippen molar-refractivity contribution in [2.24, 2.45) is 0 Å². The highest BCUT2D eigenvalue weighted by Gasteiger charge is 2.25. The van der Waals surface area contributed by atoms with Crippen LogP contribution < -0.4 is 0 Å². The first kappa shape index (κ1) is 23.4. The van der Waals surface area contributed by atoms with Crippen molar-refractivity contribution in [2.75, 3.05) is 52.5 Å². The summed E-state index contributed by atoms with van der Waals surface area (Å²) in [5.74, 6) is 1.37. The summed E-state index contributed by atoms with van der Waals surface area (Å²) in [5, 5.41) is 4.10. The lowest BCUT2D eigenvalue weighted by atomic mass is 10.1. The molecule has 170 valence electrons. The number of nitrogens with zero attached hydrogens (tertiary/aromatic N) is 4. The second-order valence-corrected chi connectivity index (χ2v) is 7.86. The molecule has 1 fully saturated rings. The summed E-state index contributed by atoms with van der Waals surface area (Å²) >= 11 is 0. The molecule has 0 N–H and O–H groups in total. The number of benzene rings is 1. The minimum absolute atomic E-state index is 0.0608. The average molecular weight is 431 g/mol. The molecule has 0 bridgehead atoms. The summed E-state index contributed by atoms with van der Waals surface area (Å²) in [4.78, 5) is 21.3. The molecule has 2 aromatic rings. The van der Waals surface area contributed by atoms with Crippen LogP contribution >= 0.6 is 0 Å². The fourth-order valence-electron chi connectivity index (χ4n) is 3.58. The highest BCUT2D eigenvalue weighted by molar-refractivity contribution is 5.80. The number of carbonyl (C=O) groups excluding carboxylic acids is 1. The van der Waals surface area contributed by atoms with Crippen molar-refractivity contribution in [3.8, 4) is 11.4 Å². The molecule has 31 heavy (non-hydrogen) atoms. The molecule has 1 atom stereocenters. The van der Waals surface area contributed by atoms with Crippen molar-refractivity contribution >= 4 is 5.91 Å². The number of ether oxygens (including phenoxy) is 2. The molecule has 0 radical (unpaired) electrons. The van der Waals surface area contributed by atoms with Crippen LogP contribution in [-0.4, -0.2) is 84.5 Å². The number of amides is 1. The van der Waals surface area contributed by atoms with Gasteiger partial charge in [0.25, 0.3) is 5.91 Å². The van der Waals surface area contributed by atoms with Crippen molar-refractivity contribution in [1.29, 1.82) is 0 Å². The first-order chi connectivity index (χ1) is 15.1. The third kappa shape index (κ3) is 7.12. The van der Waals surface area contributed by atoms with Crippen molar-refractivity contribution in [3.63, 3.8) is 0 Å². The van der Waals surface area contributed by atoms with E-state index < -0.39 is 6.10 Å². The van der Waals surface area contributed by atoms with Gasteiger partial charge in [-0.2, -0.15) is 4.98 Å². The maximum Gasteiger partial charge on any atom is 0.251 e. The van der Waals surface area contributed by atoms with Crippen LogP contribution in [0.1, 0.15) is 31.7 Å². The van der Waals surface area contributed by atoms with E-state index in [1.165, 1.54) is 5.56 Å². The normalized spacial score (nSPS) is 15.9. The third-order valence-corrected chi connectivity index (χ3v) is 5.47. The zero-order valence-corrected chi connectivity index (χ0v) is 18.9. The van der Waals surface area contributed by atoms with Gasteiger partial charge in [0.1, 0.15) is 6.10 Å². The topological polar surface area (TPSA) is 80.9 Å². The van der Waals surface area contributed by atoms with Gasteiger partial charge in [-0.25, -0.2) is 0 Å². The van der Waals surface area contributed by atoms with Crippen LogP contribution in [0.2, 0.25) is 0 Å². The second kappa shape index (κ2) is 11.9. The molecule has 3 rings (SSSR count). The average Bonchev–Trinajstić information content (AvgIpc) is 3.26. The number of rotatable bonds is 11. The predicted molar refractivity (Wildman–Crippen MR) is 118 cm³/mol. The van der Waals surface area contributed by atoms with Gasteiger partial charge >= 0.3 is 0 Å². The molecular weight excluding hydrogens is 396 g/mol. The molecule has 8 heteroatoms. The zero-order valence-electron chi connectivity index (χ0n) is 18.9. The Hall–Kier alpha value is -2.29. The van der Waals surface area contributed by atoms with E-state index in [0.717, 1.165) is 51.1 Å². The number of aromatic nitrogens is 2.